The van der Waals surface area contributed by atoms with E-state index in [1.165, 1.54) is 11.3 Å². The molecular weight excluding hydrogens is 403 g/mol. The summed E-state index contributed by atoms with van der Waals surface area (Å²) >= 11 is 20.1. The molecule has 1 N–H and O–H groups in total. The summed E-state index contributed by atoms with van der Waals surface area (Å²) < 4.78 is 2.27. The van der Waals surface area contributed by atoms with Crippen molar-refractivity contribution in [2.24, 2.45) is 0 Å². The summed E-state index contributed by atoms with van der Waals surface area (Å²) in [5, 5.41) is 14.9. The maximum atomic E-state index is 11.7. The van der Waals surface area contributed by atoms with Gasteiger partial charge in [0.1, 0.15) is 0 Å². The Morgan fingerprint density at radius 2 is 2.00 bits per heavy atom. The summed E-state index contributed by atoms with van der Waals surface area (Å²) in [4.78, 5) is 12.9. The number of carboxylic acids is 1. The molecule has 25 heavy (non-hydrogen) atoms. The molecule has 0 unspecified atom stereocenters. The fourth-order valence-electron chi connectivity index (χ4n) is 3.17. The van der Waals surface area contributed by atoms with E-state index in [1.807, 2.05) is 6.07 Å². The number of rotatable bonds is 2. The number of aryl methyl sites for hydroxylation is 1. The van der Waals surface area contributed by atoms with E-state index in [0.29, 0.717) is 32.1 Å². The van der Waals surface area contributed by atoms with Crippen molar-refractivity contribution in [3.05, 3.63) is 54.8 Å². The predicted octanol–water partition coefficient (Wildman–Crippen LogP) is 5.75. The van der Waals surface area contributed by atoms with Crippen molar-refractivity contribution in [3.8, 4) is 16.9 Å². The van der Waals surface area contributed by atoms with Crippen molar-refractivity contribution in [3.63, 3.8) is 0 Å². The number of aromatic carboxylic acids is 1. The van der Waals surface area contributed by atoms with Crippen LogP contribution in [-0.4, -0.2) is 20.9 Å². The SMILES string of the molecule is O=C(O)c1nn(-c2ccc(Cl)cc2Cl)c2c1CCCc1sc(Cl)cc1-2. The minimum absolute atomic E-state index is 0.0520. The van der Waals surface area contributed by atoms with Crippen LogP contribution in [0.15, 0.2) is 24.3 Å². The van der Waals surface area contributed by atoms with E-state index in [2.05, 4.69) is 5.10 Å². The van der Waals surface area contributed by atoms with Gasteiger partial charge in [0.2, 0.25) is 0 Å². The van der Waals surface area contributed by atoms with Crippen LogP contribution in [0, 0.1) is 0 Å². The molecular formula is C17H11Cl3N2O2S. The molecule has 128 valence electrons. The number of fused-ring (bicyclic) bond motifs is 3. The molecule has 3 aromatic rings. The van der Waals surface area contributed by atoms with Gasteiger partial charge in [-0.15, -0.1) is 11.3 Å². The second-order valence-corrected chi connectivity index (χ2v) is 8.34. The lowest BCUT2D eigenvalue weighted by molar-refractivity contribution is 0.0688. The second-order valence-electron chi connectivity index (χ2n) is 5.73. The number of carboxylic acid groups (broad SMARTS) is 1. The van der Waals surface area contributed by atoms with Gasteiger partial charge in [-0.1, -0.05) is 34.8 Å². The monoisotopic (exact) mass is 412 g/mol. The molecule has 1 aliphatic rings. The van der Waals surface area contributed by atoms with Crippen molar-refractivity contribution in [2.75, 3.05) is 0 Å². The first-order chi connectivity index (χ1) is 12.0. The summed E-state index contributed by atoms with van der Waals surface area (Å²) in [6.07, 6.45) is 2.34. The zero-order valence-corrected chi connectivity index (χ0v) is 15.8. The van der Waals surface area contributed by atoms with Gasteiger partial charge in [-0.25, -0.2) is 9.48 Å². The van der Waals surface area contributed by atoms with Gasteiger partial charge >= 0.3 is 5.97 Å². The number of thiophene rings is 1. The fourth-order valence-corrected chi connectivity index (χ4v) is 4.97. The molecule has 0 radical (unpaired) electrons. The summed E-state index contributed by atoms with van der Waals surface area (Å²) in [6.45, 7) is 0. The topological polar surface area (TPSA) is 55.1 Å². The molecule has 0 amide bonds. The number of aromatic nitrogens is 2. The Bertz CT molecular complexity index is 1010. The van der Waals surface area contributed by atoms with E-state index in [1.54, 1.807) is 22.9 Å². The van der Waals surface area contributed by atoms with Crippen molar-refractivity contribution in [1.29, 1.82) is 0 Å². The molecule has 0 fully saturated rings. The zero-order chi connectivity index (χ0) is 17.7. The Morgan fingerprint density at radius 3 is 2.72 bits per heavy atom. The number of benzene rings is 1. The quantitative estimate of drug-likeness (QED) is 0.582. The van der Waals surface area contributed by atoms with Crippen LogP contribution in [0.4, 0.5) is 0 Å². The largest absolute Gasteiger partial charge is 0.476 e. The highest BCUT2D eigenvalue weighted by molar-refractivity contribution is 7.16. The van der Waals surface area contributed by atoms with E-state index in [4.69, 9.17) is 34.8 Å². The maximum Gasteiger partial charge on any atom is 0.356 e. The Hall–Kier alpha value is -1.53. The minimum atomic E-state index is -1.05. The molecule has 0 saturated heterocycles. The lowest BCUT2D eigenvalue weighted by Gasteiger charge is -2.10. The number of hydrogen-bond acceptors (Lipinski definition) is 3. The number of nitrogens with zero attached hydrogens (tertiary/aromatic N) is 2. The Kier molecular flexibility index (Phi) is 4.28. The Morgan fingerprint density at radius 1 is 1.20 bits per heavy atom. The van der Waals surface area contributed by atoms with Crippen molar-refractivity contribution in [1.82, 2.24) is 9.78 Å². The normalized spacial score (nSPS) is 13.2. The molecule has 8 heteroatoms. The average Bonchev–Trinajstić information content (AvgIpc) is 3.03. The molecule has 0 aliphatic heterocycles. The smallest absolute Gasteiger partial charge is 0.356 e. The highest BCUT2D eigenvalue weighted by Crippen LogP contribution is 2.42. The highest BCUT2D eigenvalue weighted by Gasteiger charge is 2.29. The maximum absolute atomic E-state index is 11.7. The van der Waals surface area contributed by atoms with Crippen LogP contribution in [0.3, 0.4) is 0 Å². The first kappa shape index (κ1) is 16.9. The molecule has 0 bridgehead atoms. The third-order valence-electron chi connectivity index (χ3n) is 4.19. The van der Waals surface area contributed by atoms with Crippen LogP contribution in [0.2, 0.25) is 14.4 Å². The standard InChI is InChI=1S/C17H11Cl3N2O2S/c18-8-4-5-12(11(19)6-8)22-16-9(15(21-22)17(23)24)2-1-3-13-10(16)7-14(20)25-13/h4-7H,1-3H2,(H,23,24). The van der Waals surface area contributed by atoms with Gasteiger partial charge in [0.15, 0.2) is 5.69 Å². The van der Waals surface area contributed by atoms with Gasteiger partial charge in [-0.2, -0.15) is 5.10 Å². The van der Waals surface area contributed by atoms with Crippen molar-refractivity contribution >= 4 is 52.1 Å². The van der Waals surface area contributed by atoms with Crippen molar-refractivity contribution in [2.45, 2.75) is 19.3 Å². The second kappa shape index (κ2) is 6.32. The fraction of sp³-hybridized carbons (Fsp3) is 0.176. The van der Waals surface area contributed by atoms with Gasteiger partial charge in [0.05, 0.1) is 20.7 Å². The van der Waals surface area contributed by atoms with Gasteiger partial charge in [-0.3, -0.25) is 0 Å². The first-order valence-corrected chi connectivity index (χ1v) is 9.50. The van der Waals surface area contributed by atoms with Crippen molar-refractivity contribution < 1.29 is 9.90 Å². The molecule has 4 rings (SSSR count). The van der Waals surface area contributed by atoms with E-state index in [-0.39, 0.29) is 5.69 Å². The highest BCUT2D eigenvalue weighted by atomic mass is 35.5. The third kappa shape index (κ3) is 2.85. The minimum Gasteiger partial charge on any atom is -0.476 e. The van der Waals surface area contributed by atoms with Crippen LogP contribution in [0.5, 0.6) is 0 Å². The van der Waals surface area contributed by atoms with E-state index >= 15 is 0 Å². The zero-order valence-electron chi connectivity index (χ0n) is 12.7. The van der Waals surface area contributed by atoms with Crippen LogP contribution in [-0.2, 0) is 12.8 Å². The lowest BCUT2D eigenvalue weighted by atomic mass is 10.1. The number of halogens is 3. The summed E-state index contributed by atoms with van der Waals surface area (Å²) in [5.41, 5.74) is 3.03. The number of carbonyl (C=O) groups is 1. The van der Waals surface area contributed by atoms with E-state index in [0.717, 1.165) is 29.0 Å². The molecule has 4 nitrogen and oxygen atoms in total. The van der Waals surface area contributed by atoms with Gasteiger partial charge in [0, 0.05) is 21.0 Å². The Labute approximate surface area is 162 Å². The van der Waals surface area contributed by atoms with E-state index in [9.17, 15) is 9.90 Å². The predicted molar refractivity (Wildman–Crippen MR) is 101 cm³/mol. The van der Waals surface area contributed by atoms with Crippen LogP contribution >= 0.6 is 46.1 Å². The molecule has 0 spiro atoms. The van der Waals surface area contributed by atoms with E-state index < -0.39 is 5.97 Å². The van der Waals surface area contributed by atoms with Gasteiger partial charge in [-0.05, 0) is 43.5 Å². The Balaban J connectivity index is 2.06. The molecule has 1 aromatic carbocycles. The number of hydrogen-bond donors (Lipinski definition) is 1. The van der Waals surface area contributed by atoms with Crippen LogP contribution < -0.4 is 0 Å². The molecule has 1 aliphatic carbocycles. The average molecular weight is 414 g/mol. The first-order valence-electron chi connectivity index (χ1n) is 7.55. The molecule has 0 saturated carbocycles. The molecule has 2 heterocycles. The lowest BCUT2D eigenvalue weighted by Crippen LogP contribution is -2.04. The molecule has 2 aromatic heterocycles. The van der Waals surface area contributed by atoms with Crippen LogP contribution in [0.1, 0.15) is 27.3 Å². The third-order valence-corrected chi connectivity index (χ3v) is 6.05. The molecule has 0 atom stereocenters. The van der Waals surface area contributed by atoms with Gasteiger partial charge < -0.3 is 5.11 Å². The summed E-state index contributed by atoms with van der Waals surface area (Å²) in [6, 6.07) is 6.93. The summed E-state index contributed by atoms with van der Waals surface area (Å²) in [7, 11) is 0. The van der Waals surface area contributed by atoms with Crippen LogP contribution in [0.25, 0.3) is 16.9 Å². The van der Waals surface area contributed by atoms with Gasteiger partial charge in [0.25, 0.3) is 0 Å². The summed E-state index contributed by atoms with van der Waals surface area (Å²) in [5.74, 6) is -1.05.